The molecule has 42 heavy (non-hydrogen) atoms. The highest BCUT2D eigenvalue weighted by atomic mass is 19.1. The van der Waals surface area contributed by atoms with Crippen LogP contribution in [0.3, 0.4) is 0 Å². The van der Waals surface area contributed by atoms with Gasteiger partial charge in [-0.2, -0.15) is 0 Å². The van der Waals surface area contributed by atoms with Gasteiger partial charge in [0.15, 0.2) is 11.6 Å². The monoisotopic (exact) mass is 558 g/mol. The number of carbonyl (C=O) groups is 3. The molecule has 7 rings (SSSR count). The Hall–Kier alpha value is -5.04. The largest absolute Gasteiger partial charge is 0.497 e. The van der Waals surface area contributed by atoms with Crippen LogP contribution in [-0.2, 0) is 10.2 Å². The second kappa shape index (κ2) is 9.52. The first kappa shape index (κ1) is 25.9. The molecule has 6 nitrogen and oxygen atoms in total. The van der Waals surface area contributed by atoms with Crippen molar-refractivity contribution in [3.63, 3.8) is 0 Å². The number of hydrogen-bond acceptors (Lipinski definition) is 5. The summed E-state index contributed by atoms with van der Waals surface area (Å²) in [7, 11) is 1.52. The van der Waals surface area contributed by atoms with Gasteiger partial charge in [-0.05, 0) is 54.5 Å². The maximum Gasteiger partial charge on any atom is 0.238 e. The number of ketones is 2. The molecule has 0 saturated carbocycles. The molecular weight excluding hydrogens is 531 g/mol. The van der Waals surface area contributed by atoms with E-state index in [1.165, 1.54) is 25.3 Å². The van der Waals surface area contributed by atoms with Gasteiger partial charge in [0, 0.05) is 22.5 Å². The van der Waals surface area contributed by atoms with E-state index in [-0.39, 0.29) is 11.3 Å². The summed E-state index contributed by atoms with van der Waals surface area (Å²) >= 11 is 0. The summed E-state index contributed by atoms with van der Waals surface area (Å²) in [6.45, 7) is 1.97. The number of ether oxygens (including phenoxy) is 1. The molecule has 1 saturated heterocycles. The van der Waals surface area contributed by atoms with E-state index < -0.39 is 40.9 Å². The zero-order valence-electron chi connectivity index (χ0n) is 23.0. The molecule has 4 atom stereocenters. The lowest BCUT2D eigenvalue weighted by molar-refractivity contribution is -0.121. The third-order valence-corrected chi connectivity index (χ3v) is 8.93. The first-order valence-electron chi connectivity index (χ1n) is 13.8. The summed E-state index contributed by atoms with van der Waals surface area (Å²) in [5.74, 6) is -2.81. The summed E-state index contributed by atoms with van der Waals surface area (Å²) in [6.07, 6.45) is 1.98. The van der Waals surface area contributed by atoms with E-state index in [0.717, 1.165) is 16.8 Å². The lowest BCUT2D eigenvalue weighted by atomic mass is 9.64. The van der Waals surface area contributed by atoms with Gasteiger partial charge in [0.1, 0.15) is 23.0 Å². The van der Waals surface area contributed by atoms with Gasteiger partial charge in [-0.15, -0.1) is 0 Å². The quantitative estimate of drug-likeness (QED) is 0.301. The number of carbonyl (C=O) groups excluding carboxylic acids is 3. The highest BCUT2D eigenvalue weighted by Gasteiger charge is 2.70. The Labute approximate surface area is 242 Å². The molecule has 4 aromatic rings. The van der Waals surface area contributed by atoms with Crippen LogP contribution in [0.4, 0.5) is 15.8 Å². The Kier molecular flexibility index (Phi) is 5.87. The number of fused-ring (bicyclic) bond motifs is 6. The molecule has 3 aliphatic heterocycles. The van der Waals surface area contributed by atoms with Gasteiger partial charge in [-0.25, -0.2) is 4.39 Å². The molecule has 1 N–H and O–H groups in total. The van der Waals surface area contributed by atoms with E-state index in [2.05, 4.69) is 5.32 Å². The molecule has 1 amide bonds. The molecule has 3 heterocycles. The summed E-state index contributed by atoms with van der Waals surface area (Å²) in [4.78, 5) is 45.8. The fourth-order valence-electron chi connectivity index (χ4n) is 7.16. The van der Waals surface area contributed by atoms with E-state index in [1.807, 2.05) is 60.4 Å². The number of anilines is 2. The van der Waals surface area contributed by atoms with Crippen LogP contribution in [0.25, 0.3) is 5.57 Å². The minimum Gasteiger partial charge on any atom is -0.497 e. The predicted octanol–water partition coefficient (Wildman–Crippen LogP) is 6.08. The molecule has 0 aromatic heterocycles. The number of nitrogens with one attached hydrogen (secondary N) is 1. The van der Waals surface area contributed by atoms with Gasteiger partial charge in [0.05, 0.1) is 24.6 Å². The smallest absolute Gasteiger partial charge is 0.238 e. The second-order valence-corrected chi connectivity index (χ2v) is 11.0. The van der Waals surface area contributed by atoms with Crippen LogP contribution < -0.4 is 15.0 Å². The van der Waals surface area contributed by atoms with Crippen molar-refractivity contribution in [3.8, 4) is 5.75 Å². The Morgan fingerprint density at radius 1 is 0.905 bits per heavy atom. The lowest BCUT2D eigenvalue weighted by Gasteiger charge is -2.39. The van der Waals surface area contributed by atoms with Crippen molar-refractivity contribution in [2.75, 3.05) is 17.3 Å². The SMILES string of the molecule is COc1cccc(C(=O)C2C(C(=O)c3ccccc3F)C3(C(=O)Nc4ccccc43)C3C=C(C)c4ccccc4N23)c1. The molecule has 4 aromatic carbocycles. The van der Waals surface area contributed by atoms with Crippen molar-refractivity contribution in [2.45, 2.75) is 24.4 Å². The fraction of sp³-hybridized carbons (Fsp3) is 0.171. The Bertz CT molecular complexity index is 1830. The van der Waals surface area contributed by atoms with Crippen molar-refractivity contribution < 1.29 is 23.5 Å². The van der Waals surface area contributed by atoms with Crippen LogP contribution in [0, 0.1) is 11.7 Å². The van der Waals surface area contributed by atoms with Crippen LogP contribution >= 0.6 is 0 Å². The molecule has 0 bridgehead atoms. The van der Waals surface area contributed by atoms with Gasteiger partial charge >= 0.3 is 0 Å². The van der Waals surface area contributed by atoms with Crippen molar-refractivity contribution in [3.05, 3.63) is 131 Å². The number of allylic oxidation sites excluding steroid dienone is 1. The summed E-state index contributed by atoms with van der Waals surface area (Å²) < 4.78 is 20.7. The second-order valence-electron chi connectivity index (χ2n) is 11.0. The Morgan fingerprint density at radius 3 is 2.45 bits per heavy atom. The number of rotatable bonds is 5. The van der Waals surface area contributed by atoms with Crippen LogP contribution in [-0.4, -0.2) is 36.7 Å². The zero-order chi connectivity index (χ0) is 29.2. The van der Waals surface area contributed by atoms with Crippen molar-refractivity contribution >= 4 is 34.4 Å². The number of methoxy groups -OCH3 is 1. The van der Waals surface area contributed by atoms with E-state index in [1.54, 1.807) is 36.4 Å². The topological polar surface area (TPSA) is 75.7 Å². The van der Waals surface area contributed by atoms with Gasteiger partial charge in [0.2, 0.25) is 5.91 Å². The summed E-state index contributed by atoms with van der Waals surface area (Å²) in [5.41, 5.74) is 2.42. The molecule has 4 unspecified atom stereocenters. The van der Waals surface area contributed by atoms with Crippen molar-refractivity contribution in [2.24, 2.45) is 5.92 Å². The molecule has 3 aliphatic rings. The highest BCUT2D eigenvalue weighted by Crippen LogP contribution is 2.59. The summed E-state index contributed by atoms with van der Waals surface area (Å²) in [6, 6.07) is 25.6. The highest BCUT2D eigenvalue weighted by molar-refractivity contribution is 6.18. The van der Waals surface area contributed by atoms with Gasteiger partial charge < -0.3 is 15.0 Å². The van der Waals surface area contributed by atoms with E-state index >= 15 is 4.39 Å². The van der Waals surface area contributed by atoms with Crippen LogP contribution in [0.15, 0.2) is 103 Å². The molecule has 0 radical (unpaired) electrons. The first-order chi connectivity index (χ1) is 20.4. The minimum atomic E-state index is -1.51. The van der Waals surface area contributed by atoms with Gasteiger partial charge in [-0.1, -0.05) is 66.7 Å². The molecule has 1 spiro atoms. The van der Waals surface area contributed by atoms with Crippen LogP contribution in [0.2, 0.25) is 0 Å². The minimum absolute atomic E-state index is 0.156. The van der Waals surface area contributed by atoms with E-state index in [0.29, 0.717) is 22.6 Å². The lowest BCUT2D eigenvalue weighted by Crippen LogP contribution is -2.51. The average molecular weight is 559 g/mol. The Morgan fingerprint density at radius 2 is 1.64 bits per heavy atom. The maximum atomic E-state index is 15.3. The summed E-state index contributed by atoms with van der Waals surface area (Å²) in [5, 5.41) is 3.00. The zero-order valence-corrected chi connectivity index (χ0v) is 23.0. The average Bonchev–Trinajstić information content (AvgIpc) is 3.49. The molecule has 7 heteroatoms. The van der Waals surface area contributed by atoms with E-state index in [4.69, 9.17) is 4.74 Å². The predicted molar refractivity (Wildman–Crippen MR) is 158 cm³/mol. The van der Waals surface area contributed by atoms with Gasteiger partial charge in [0.25, 0.3) is 0 Å². The molecule has 0 aliphatic carbocycles. The van der Waals surface area contributed by atoms with Crippen LogP contribution in [0.5, 0.6) is 5.75 Å². The maximum absolute atomic E-state index is 15.3. The van der Waals surface area contributed by atoms with Crippen molar-refractivity contribution in [1.29, 1.82) is 0 Å². The number of benzene rings is 4. The normalized spacial score (nSPS) is 23.5. The molecule has 208 valence electrons. The standard InChI is InChI=1S/C35H27FN2O4/c1-20-18-29-35(25-14-5-7-16-27(25)37-34(35)41)30(33(40)24-13-3-6-15-26(24)36)31(38(29)28-17-8-4-12-23(20)28)32(39)21-10-9-11-22(19-21)42-2/h3-19,29-31H,1-2H3,(H,37,41). The van der Waals surface area contributed by atoms with Crippen LogP contribution in [0.1, 0.15) is 38.8 Å². The Balaban J connectivity index is 1.56. The molecular formula is C35H27FN2O4. The van der Waals surface area contributed by atoms with Crippen molar-refractivity contribution in [1.82, 2.24) is 0 Å². The third kappa shape index (κ3) is 3.46. The first-order valence-corrected chi connectivity index (χ1v) is 13.8. The number of nitrogens with zero attached hydrogens (tertiary/aromatic N) is 1. The number of amides is 1. The number of para-hydroxylation sites is 2. The van der Waals surface area contributed by atoms with E-state index in [9.17, 15) is 14.4 Å². The third-order valence-electron chi connectivity index (χ3n) is 8.93. The van der Waals surface area contributed by atoms with Gasteiger partial charge in [-0.3, -0.25) is 14.4 Å². The molecule has 1 fully saturated rings. The number of Topliss-reactive ketones (excluding diaryl/α,β-unsaturated/α-hetero) is 2. The number of halogens is 1. The number of hydrogen-bond donors (Lipinski definition) is 1. The fourth-order valence-corrected chi connectivity index (χ4v) is 7.16.